The summed E-state index contributed by atoms with van der Waals surface area (Å²) in [5.74, 6) is 0.922. The van der Waals surface area contributed by atoms with Crippen LogP contribution in [-0.2, 0) is 0 Å². The Labute approximate surface area is 107 Å². The van der Waals surface area contributed by atoms with Crippen molar-refractivity contribution >= 4 is 11.8 Å². The van der Waals surface area contributed by atoms with Crippen LogP contribution in [0.2, 0.25) is 0 Å². The molecule has 0 unspecified atom stereocenters. The van der Waals surface area contributed by atoms with Gasteiger partial charge in [0.25, 0.3) is 0 Å². The van der Waals surface area contributed by atoms with E-state index in [4.69, 9.17) is 4.74 Å². The summed E-state index contributed by atoms with van der Waals surface area (Å²) in [6.07, 6.45) is 4.08. The number of rotatable bonds is 3. The van der Waals surface area contributed by atoms with Crippen molar-refractivity contribution in [2.24, 2.45) is 0 Å². The molecule has 1 aliphatic rings. The molecule has 94 valence electrons. The monoisotopic (exact) mass is 252 g/mol. The van der Waals surface area contributed by atoms with E-state index in [0.717, 1.165) is 31.4 Å². The summed E-state index contributed by atoms with van der Waals surface area (Å²) in [7, 11) is 1.70. The average Bonchev–Trinajstić information content (AvgIpc) is 2.34. The van der Waals surface area contributed by atoms with Crippen molar-refractivity contribution in [1.82, 2.24) is 0 Å². The maximum atomic E-state index is 9.49. The molecule has 0 spiro atoms. The first-order chi connectivity index (χ1) is 8.19. The molecule has 1 N–H and O–H groups in total. The molecule has 3 heteroatoms. The molecule has 0 atom stereocenters. The average molecular weight is 252 g/mol. The van der Waals surface area contributed by atoms with Gasteiger partial charge in [0, 0.05) is 10.1 Å². The molecule has 0 radical (unpaired) electrons. The van der Waals surface area contributed by atoms with E-state index in [1.807, 2.05) is 17.8 Å². The van der Waals surface area contributed by atoms with Crippen molar-refractivity contribution in [1.29, 1.82) is 0 Å². The molecule has 17 heavy (non-hydrogen) atoms. The van der Waals surface area contributed by atoms with Crippen molar-refractivity contribution in [3.05, 3.63) is 23.8 Å². The first kappa shape index (κ1) is 12.8. The van der Waals surface area contributed by atoms with Gasteiger partial charge in [0.15, 0.2) is 0 Å². The molecule has 1 aliphatic carbocycles. The number of aliphatic hydroxyl groups is 1. The summed E-state index contributed by atoms with van der Waals surface area (Å²) in [6, 6.07) is 6.25. The van der Waals surface area contributed by atoms with E-state index in [2.05, 4.69) is 19.1 Å². The quantitative estimate of drug-likeness (QED) is 0.894. The predicted molar refractivity (Wildman–Crippen MR) is 71.9 cm³/mol. The van der Waals surface area contributed by atoms with Gasteiger partial charge in [0.05, 0.1) is 13.2 Å². The third kappa shape index (κ3) is 3.39. The molecular formula is C14H20O2S. The first-order valence-electron chi connectivity index (χ1n) is 6.18. The molecule has 1 fully saturated rings. The lowest BCUT2D eigenvalue weighted by molar-refractivity contribution is 0.132. The minimum Gasteiger partial charge on any atom is -0.497 e. The number of hydrogen-bond acceptors (Lipinski definition) is 3. The van der Waals surface area contributed by atoms with Crippen molar-refractivity contribution < 1.29 is 9.84 Å². The zero-order chi connectivity index (χ0) is 12.3. The third-order valence-electron chi connectivity index (χ3n) is 3.32. The highest BCUT2D eigenvalue weighted by Crippen LogP contribution is 2.36. The van der Waals surface area contributed by atoms with Gasteiger partial charge in [-0.15, -0.1) is 11.8 Å². The Bertz CT molecular complexity index is 370. The summed E-state index contributed by atoms with van der Waals surface area (Å²) >= 11 is 1.95. The van der Waals surface area contributed by atoms with E-state index in [1.54, 1.807) is 7.11 Å². The van der Waals surface area contributed by atoms with Gasteiger partial charge in [-0.1, -0.05) is 0 Å². The minimum absolute atomic E-state index is 0.0659. The lowest BCUT2D eigenvalue weighted by atomic mass is 9.97. The van der Waals surface area contributed by atoms with Crippen LogP contribution in [0.4, 0.5) is 0 Å². The molecule has 2 nitrogen and oxygen atoms in total. The van der Waals surface area contributed by atoms with E-state index in [1.165, 1.54) is 10.5 Å². The van der Waals surface area contributed by atoms with Crippen LogP contribution >= 0.6 is 11.8 Å². The van der Waals surface area contributed by atoms with Gasteiger partial charge in [0.1, 0.15) is 5.75 Å². The second kappa shape index (κ2) is 5.78. The van der Waals surface area contributed by atoms with Crippen LogP contribution in [0.25, 0.3) is 0 Å². The molecule has 0 aliphatic heterocycles. The summed E-state index contributed by atoms with van der Waals surface area (Å²) in [4.78, 5) is 1.34. The van der Waals surface area contributed by atoms with E-state index < -0.39 is 0 Å². The van der Waals surface area contributed by atoms with Gasteiger partial charge in [-0.2, -0.15) is 0 Å². The Morgan fingerprint density at radius 1 is 1.24 bits per heavy atom. The van der Waals surface area contributed by atoms with Gasteiger partial charge in [-0.25, -0.2) is 0 Å². The highest BCUT2D eigenvalue weighted by atomic mass is 32.2. The maximum Gasteiger partial charge on any atom is 0.119 e. The van der Waals surface area contributed by atoms with Crippen LogP contribution in [0.3, 0.4) is 0 Å². The Kier molecular flexibility index (Phi) is 4.35. The number of hydrogen-bond donors (Lipinski definition) is 1. The van der Waals surface area contributed by atoms with Crippen LogP contribution in [0.5, 0.6) is 5.75 Å². The molecular weight excluding hydrogens is 232 g/mol. The van der Waals surface area contributed by atoms with Crippen LogP contribution in [0.1, 0.15) is 31.2 Å². The summed E-state index contributed by atoms with van der Waals surface area (Å²) < 4.78 is 5.21. The van der Waals surface area contributed by atoms with Crippen LogP contribution < -0.4 is 4.74 Å². The number of aryl methyl sites for hydroxylation is 1. The highest BCUT2D eigenvalue weighted by molar-refractivity contribution is 8.00. The summed E-state index contributed by atoms with van der Waals surface area (Å²) in [5, 5.41) is 10.1. The van der Waals surface area contributed by atoms with Crippen molar-refractivity contribution in [3.63, 3.8) is 0 Å². The molecule has 0 saturated heterocycles. The fourth-order valence-corrected chi connectivity index (χ4v) is 3.48. The Balaban J connectivity index is 1.99. The maximum absolute atomic E-state index is 9.49. The molecule has 0 heterocycles. The molecule has 0 aromatic heterocycles. The lowest BCUT2D eigenvalue weighted by Crippen LogP contribution is -2.19. The van der Waals surface area contributed by atoms with Gasteiger partial charge >= 0.3 is 0 Å². The predicted octanol–water partition coefficient (Wildman–Crippen LogP) is 3.40. The standard InChI is InChI=1S/C14H20O2S/c1-10-9-12(16-2)5-8-14(10)17-13-6-3-11(15)4-7-13/h5,8-9,11,13,15H,3-4,6-7H2,1-2H3. The number of aliphatic hydroxyl groups excluding tert-OH is 1. The van der Waals surface area contributed by atoms with Gasteiger partial charge in [-0.05, 0) is 56.4 Å². The number of ether oxygens (including phenoxy) is 1. The van der Waals surface area contributed by atoms with Crippen molar-refractivity contribution in [2.45, 2.75) is 48.9 Å². The molecule has 1 aromatic rings. The molecule has 0 bridgehead atoms. The normalized spacial score (nSPS) is 24.6. The van der Waals surface area contributed by atoms with Gasteiger partial charge in [-0.3, -0.25) is 0 Å². The first-order valence-corrected chi connectivity index (χ1v) is 7.06. The number of thioether (sulfide) groups is 1. The molecule has 1 saturated carbocycles. The summed E-state index contributed by atoms with van der Waals surface area (Å²) in [6.45, 7) is 2.13. The van der Waals surface area contributed by atoms with E-state index in [0.29, 0.717) is 5.25 Å². The smallest absolute Gasteiger partial charge is 0.119 e. The van der Waals surface area contributed by atoms with Crippen molar-refractivity contribution in [3.8, 4) is 5.75 Å². The van der Waals surface area contributed by atoms with E-state index >= 15 is 0 Å². The van der Waals surface area contributed by atoms with Crippen LogP contribution in [0.15, 0.2) is 23.1 Å². The SMILES string of the molecule is COc1ccc(SC2CCC(O)CC2)c(C)c1. The van der Waals surface area contributed by atoms with Gasteiger partial charge in [0.2, 0.25) is 0 Å². The Hall–Kier alpha value is -0.670. The highest BCUT2D eigenvalue weighted by Gasteiger charge is 2.20. The summed E-state index contributed by atoms with van der Waals surface area (Å²) in [5.41, 5.74) is 1.28. The minimum atomic E-state index is -0.0659. The van der Waals surface area contributed by atoms with Crippen LogP contribution in [0, 0.1) is 6.92 Å². The zero-order valence-corrected chi connectivity index (χ0v) is 11.3. The largest absolute Gasteiger partial charge is 0.497 e. The number of methoxy groups -OCH3 is 1. The van der Waals surface area contributed by atoms with E-state index in [9.17, 15) is 5.11 Å². The molecule has 1 aromatic carbocycles. The van der Waals surface area contributed by atoms with Gasteiger partial charge < -0.3 is 9.84 Å². The van der Waals surface area contributed by atoms with Crippen molar-refractivity contribution in [2.75, 3.05) is 7.11 Å². The van der Waals surface area contributed by atoms with Crippen LogP contribution in [-0.4, -0.2) is 23.6 Å². The fraction of sp³-hybridized carbons (Fsp3) is 0.571. The second-order valence-electron chi connectivity index (χ2n) is 4.68. The fourth-order valence-electron chi connectivity index (χ4n) is 2.22. The molecule has 0 amide bonds. The second-order valence-corrected chi connectivity index (χ2v) is 6.02. The topological polar surface area (TPSA) is 29.5 Å². The van der Waals surface area contributed by atoms with E-state index in [-0.39, 0.29) is 6.10 Å². The Morgan fingerprint density at radius 2 is 1.94 bits per heavy atom. The number of benzene rings is 1. The molecule has 2 rings (SSSR count). The zero-order valence-electron chi connectivity index (χ0n) is 10.5. The Morgan fingerprint density at radius 3 is 2.53 bits per heavy atom. The third-order valence-corrected chi connectivity index (χ3v) is 4.84. The lowest BCUT2D eigenvalue weighted by Gasteiger charge is -2.25.